The van der Waals surface area contributed by atoms with Gasteiger partial charge in [0.05, 0.1) is 24.7 Å². The lowest BCUT2D eigenvalue weighted by atomic mass is 10.2. The summed E-state index contributed by atoms with van der Waals surface area (Å²) in [5, 5.41) is 3.92. The van der Waals surface area contributed by atoms with Crippen LogP contribution in [-0.4, -0.2) is 32.8 Å². The van der Waals surface area contributed by atoms with Gasteiger partial charge in [-0.15, -0.1) is 0 Å². The van der Waals surface area contributed by atoms with Crippen molar-refractivity contribution in [3.63, 3.8) is 0 Å². The standard InChI is InChI=1S/C19H21N3O5S/c1-4-5-18-20-19(27-21-18)16-12-15(10-11-17(16)26-3)28(23,24)22-13-6-8-14(25-2)9-7-13/h6-12,22H,4-5H2,1-3H3. The van der Waals surface area contributed by atoms with Crippen molar-refractivity contribution < 1.29 is 22.4 Å². The molecule has 0 amide bonds. The molecule has 3 aromatic rings. The Morgan fingerprint density at radius 2 is 1.82 bits per heavy atom. The SMILES string of the molecule is CCCc1noc(-c2cc(S(=O)(=O)Nc3ccc(OC)cc3)ccc2OC)n1. The monoisotopic (exact) mass is 403 g/mol. The highest BCUT2D eigenvalue weighted by Gasteiger charge is 2.20. The first-order chi connectivity index (χ1) is 13.5. The zero-order chi connectivity index (χ0) is 20.1. The Hall–Kier alpha value is -3.07. The second-order valence-corrected chi connectivity index (χ2v) is 7.64. The Balaban J connectivity index is 1.94. The Kier molecular flexibility index (Phi) is 5.84. The van der Waals surface area contributed by atoms with Crippen molar-refractivity contribution in [1.82, 2.24) is 10.1 Å². The maximum absolute atomic E-state index is 12.8. The third-order valence-corrected chi connectivity index (χ3v) is 5.37. The molecule has 1 heterocycles. The molecule has 9 heteroatoms. The summed E-state index contributed by atoms with van der Waals surface area (Å²) in [5.41, 5.74) is 0.830. The Bertz CT molecular complexity index is 1050. The lowest BCUT2D eigenvalue weighted by Crippen LogP contribution is -2.13. The normalized spacial score (nSPS) is 11.2. The summed E-state index contributed by atoms with van der Waals surface area (Å²) >= 11 is 0. The van der Waals surface area contributed by atoms with Gasteiger partial charge in [0, 0.05) is 12.1 Å². The van der Waals surface area contributed by atoms with Gasteiger partial charge in [0.2, 0.25) is 0 Å². The van der Waals surface area contributed by atoms with Crippen LogP contribution < -0.4 is 14.2 Å². The van der Waals surface area contributed by atoms with Crippen LogP contribution in [0.3, 0.4) is 0 Å². The molecule has 0 aliphatic heterocycles. The van der Waals surface area contributed by atoms with Crippen LogP contribution in [0.4, 0.5) is 5.69 Å². The molecule has 0 aliphatic rings. The van der Waals surface area contributed by atoms with E-state index in [1.807, 2.05) is 6.92 Å². The molecule has 3 rings (SSSR count). The number of ether oxygens (including phenoxy) is 2. The summed E-state index contributed by atoms with van der Waals surface area (Å²) in [6, 6.07) is 11.1. The van der Waals surface area contributed by atoms with E-state index in [-0.39, 0.29) is 10.8 Å². The number of anilines is 1. The predicted molar refractivity (Wildman–Crippen MR) is 104 cm³/mol. The van der Waals surface area contributed by atoms with Gasteiger partial charge < -0.3 is 14.0 Å². The van der Waals surface area contributed by atoms with E-state index in [2.05, 4.69) is 14.9 Å². The van der Waals surface area contributed by atoms with Crippen LogP contribution in [0.15, 0.2) is 51.9 Å². The largest absolute Gasteiger partial charge is 0.497 e. The Labute approximate surface area is 163 Å². The zero-order valence-corrected chi connectivity index (χ0v) is 16.6. The lowest BCUT2D eigenvalue weighted by Gasteiger charge is -2.11. The first-order valence-corrected chi connectivity index (χ1v) is 10.1. The maximum Gasteiger partial charge on any atom is 0.261 e. The third-order valence-electron chi connectivity index (χ3n) is 4.00. The number of methoxy groups -OCH3 is 2. The summed E-state index contributed by atoms with van der Waals surface area (Å²) in [6.45, 7) is 2.01. The van der Waals surface area contributed by atoms with E-state index in [1.165, 1.54) is 19.2 Å². The van der Waals surface area contributed by atoms with E-state index >= 15 is 0 Å². The van der Waals surface area contributed by atoms with E-state index in [4.69, 9.17) is 14.0 Å². The van der Waals surface area contributed by atoms with Crippen molar-refractivity contribution >= 4 is 15.7 Å². The molecule has 0 unspecified atom stereocenters. The van der Waals surface area contributed by atoms with Crippen LogP contribution in [0.2, 0.25) is 0 Å². The number of hydrogen-bond acceptors (Lipinski definition) is 7. The fourth-order valence-corrected chi connectivity index (χ4v) is 3.67. The smallest absolute Gasteiger partial charge is 0.261 e. The minimum Gasteiger partial charge on any atom is -0.497 e. The highest BCUT2D eigenvalue weighted by Crippen LogP contribution is 2.32. The van der Waals surface area contributed by atoms with E-state index in [0.29, 0.717) is 35.0 Å². The molecule has 0 saturated heterocycles. The molecular weight excluding hydrogens is 382 g/mol. The molecule has 1 aromatic heterocycles. The van der Waals surface area contributed by atoms with Crippen LogP contribution in [-0.2, 0) is 16.4 Å². The molecule has 28 heavy (non-hydrogen) atoms. The van der Waals surface area contributed by atoms with Gasteiger partial charge in [-0.05, 0) is 48.9 Å². The summed E-state index contributed by atoms with van der Waals surface area (Å²) in [4.78, 5) is 4.37. The topological polar surface area (TPSA) is 104 Å². The van der Waals surface area contributed by atoms with Crippen LogP contribution in [0, 0.1) is 0 Å². The molecular formula is C19H21N3O5S. The van der Waals surface area contributed by atoms with Crippen molar-refractivity contribution in [1.29, 1.82) is 0 Å². The fraction of sp³-hybridized carbons (Fsp3) is 0.263. The van der Waals surface area contributed by atoms with Gasteiger partial charge in [-0.2, -0.15) is 4.98 Å². The number of aryl methyl sites for hydroxylation is 1. The van der Waals surface area contributed by atoms with Crippen LogP contribution in [0.1, 0.15) is 19.2 Å². The van der Waals surface area contributed by atoms with Crippen molar-refractivity contribution in [2.45, 2.75) is 24.7 Å². The van der Waals surface area contributed by atoms with Crippen LogP contribution >= 0.6 is 0 Å². The number of hydrogen-bond donors (Lipinski definition) is 1. The first-order valence-electron chi connectivity index (χ1n) is 8.64. The molecule has 0 bridgehead atoms. The van der Waals surface area contributed by atoms with Gasteiger partial charge in [-0.1, -0.05) is 12.1 Å². The second-order valence-electron chi connectivity index (χ2n) is 5.96. The van der Waals surface area contributed by atoms with Crippen molar-refractivity contribution in [2.75, 3.05) is 18.9 Å². The number of nitrogens with one attached hydrogen (secondary N) is 1. The van der Waals surface area contributed by atoms with Gasteiger partial charge in [0.15, 0.2) is 5.82 Å². The minimum absolute atomic E-state index is 0.0503. The zero-order valence-electron chi connectivity index (χ0n) is 15.8. The predicted octanol–water partition coefficient (Wildman–Crippen LogP) is 3.51. The number of benzene rings is 2. The first kappa shape index (κ1) is 19.7. The Morgan fingerprint density at radius 1 is 1.07 bits per heavy atom. The average Bonchev–Trinajstić information content (AvgIpc) is 3.16. The fourth-order valence-electron chi connectivity index (χ4n) is 2.58. The highest BCUT2D eigenvalue weighted by atomic mass is 32.2. The lowest BCUT2D eigenvalue weighted by molar-refractivity contribution is 0.402. The second kappa shape index (κ2) is 8.30. The minimum atomic E-state index is -3.83. The third kappa shape index (κ3) is 4.25. The van der Waals surface area contributed by atoms with Crippen molar-refractivity contribution in [3.8, 4) is 23.0 Å². The molecule has 0 spiro atoms. The molecule has 0 atom stereocenters. The summed E-state index contributed by atoms with van der Waals surface area (Å²) in [5.74, 6) is 1.84. The molecule has 2 aromatic carbocycles. The quantitative estimate of drug-likeness (QED) is 0.614. The molecule has 0 aliphatic carbocycles. The van der Waals surface area contributed by atoms with Gasteiger partial charge in [-0.25, -0.2) is 8.42 Å². The van der Waals surface area contributed by atoms with Crippen LogP contribution in [0.25, 0.3) is 11.5 Å². The Morgan fingerprint density at radius 3 is 2.46 bits per heavy atom. The van der Waals surface area contributed by atoms with Gasteiger partial charge in [0.1, 0.15) is 11.5 Å². The molecule has 0 saturated carbocycles. The van der Waals surface area contributed by atoms with Gasteiger partial charge in [0.25, 0.3) is 15.9 Å². The van der Waals surface area contributed by atoms with E-state index in [1.54, 1.807) is 37.4 Å². The summed E-state index contributed by atoms with van der Waals surface area (Å²) in [7, 11) is -0.793. The summed E-state index contributed by atoms with van der Waals surface area (Å²) < 4.78 is 43.8. The molecule has 0 radical (unpaired) electrons. The van der Waals surface area contributed by atoms with Crippen molar-refractivity contribution in [2.24, 2.45) is 0 Å². The van der Waals surface area contributed by atoms with Gasteiger partial charge >= 0.3 is 0 Å². The summed E-state index contributed by atoms with van der Waals surface area (Å²) in [6.07, 6.45) is 1.54. The average molecular weight is 403 g/mol. The molecule has 0 fully saturated rings. The number of rotatable bonds is 8. The number of sulfonamides is 1. The van der Waals surface area contributed by atoms with Crippen LogP contribution in [0.5, 0.6) is 11.5 Å². The number of aromatic nitrogens is 2. The highest BCUT2D eigenvalue weighted by molar-refractivity contribution is 7.92. The molecule has 148 valence electrons. The van der Waals surface area contributed by atoms with E-state index in [0.717, 1.165) is 6.42 Å². The van der Waals surface area contributed by atoms with E-state index < -0.39 is 10.0 Å². The maximum atomic E-state index is 12.8. The van der Waals surface area contributed by atoms with E-state index in [9.17, 15) is 8.42 Å². The number of nitrogens with zero attached hydrogens (tertiary/aromatic N) is 2. The molecule has 1 N–H and O–H groups in total. The molecule has 8 nitrogen and oxygen atoms in total. The van der Waals surface area contributed by atoms with Gasteiger partial charge in [-0.3, -0.25) is 4.72 Å². The van der Waals surface area contributed by atoms with Crippen molar-refractivity contribution in [3.05, 3.63) is 48.3 Å².